The van der Waals surface area contributed by atoms with Gasteiger partial charge in [0.25, 0.3) is 0 Å². The second-order valence-corrected chi connectivity index (χ2v) is 6.70. The van der Waals surface area contributed by atoms with E-state index in [1.807, 2.05) is 48.9 Å². The van der Waals surface area contributed by atoms with Gasteiger partial charge in [-0.25, -0.2) is 4.68 Å². The van der Waals surface area contributed by atoms with Crippen LogP contribution in [0.5, 0.6) is 5.75 Å². The fourth-order valence-corrected chi connectivity index (χ4v) is 3.12. The number of aryl methyl sites for hydroxylation is 2. The van der Waals surface area contributed by atoms with E-state index in [1.165, 1.54) is 6.92 Å². The predicted molar refractivity (Wildman–Crippen MR) is 108 cm³/mol. The van der Waals surface area contributed by atoms with E-state index in [2.05, 4.69) is 10.4 Å². The molecule has 6 heteroatoms. The molecule has 0 spiro atoms. The molecule has 0 bridgehead atoms. The van der Waals surface area contributed by atoms with Crippen molar-refractivity contribution in [2.45, 2.75) is 27.2 Å². The summed E-state index contributed by atoms with van der Waals surface area (Å²) >= 11 is 0. The number of amides is 1. The van der Waals surface area contributed by atoms with Crippen molar-refractivity contribution < 1.29 is 14.3 Å². The normalized spacial score (nSPS) is 10.6. The van der Waals surface area contributed by atoms with Crippen molar-refractivity contribution in [2.75, 3.05) is 12.4 Å². The minimum atomic E-state index is -0.190. The Kier molecular flexibility index (Phi) is 5.59. The van der Waals surface area contributed by atoms with Crippen LogP contribution in [0.25, 0.3) is 5.69 Å². The summed E-state index contributed by atoms with van der Waals surface area (Å²) in [6, 6.07) is 14.6. The van der Waals surface area contributed by atoms with Crippen LogP contribution in [0, 0.1) is 13.8 Å². The van der Waals surface area contributed by atoms with Gasteiger partial charge in [-0.3, -0.25) is 9.59 Å². The lowest BCUT2D eigenvalue weighted by Crippen LogP contribution is -2.15. The van der Waals surface area contributed by atoms with E-state index in [9.17, 15) is 9.59 Å². The van der Waals surface area contributed by atoms with E-state index >= 15 is 0 Å². The Labute approximate surface area is 164 Å². The average molecular weight is 377 g/mol. The van der Waals surface area contributed by atoms with Crippen LogP contribution in [0.4, 0.5) is 5.69 Å². The molecule has 0 aliphatic heterocycles. The van der Waals surface area contributed by atoms with E-state index in [0.717, 1.165) is 17.1 Å². The molecule has 1 N–H and O–H groups in total. The van der Waals surface area contributed by atoms with Crippen LogP contribution in [0.1, 0.15) is 34.2 Å². The third-order valence-corrected chi connectivity index (χ3v) is 4.42. The van der Waals surface area contributed by atoms with Gasteiger partial charge >= 0.3 is 0 Å². The first-order chi connectivity index (χ1) is 13.4. The molecular weight excluding hydrogens is 354 g/mol. The first-order valence-electron chi connectivity index (χ1n) is 8.99. The number of rotatable bonds is 6. The highest BCUT2D eigenvalue weighted by Gasteiger charge is 2.12. The Morgan fingerprint density at radius 1 is 1.11 bits per heavy atom. The molecule has 1 heterocycles. The molecule has 0 fully saturated rings. The fraction of sp³-hybridized carbons (Fsp3) is 0.227. The highest BCUT2D eigenvalue weighted by molar-refractivity contribution is 5.96. The van der Waals surface area contributed by atoms with Crippen molar-refractivity contribution in [3.63, 3.8) is 0 Å². The summed E-state index contributed by atoms with van der Waals surface area (Å²) in [5, 5.41) is 7.38. The van der Waals surface area contributed by atoms with Gasteiger partial charge in [-0.15, -0.1) is 0 Å². The minimum Gasteiger partial charge on any atom is -0.496 e. The Bertz CT molecular complexity index is 1040. The van der Waals surface area contributed by atoms with Crippen LogP contribution in [-0.2, 0) is 11.2 Å². The number of ketones is 1. The maximum atomic E-state index is 12.6. The lowest BCUT2D eigenvalue weighted by atomic mass is 10.0. The van der Waals surface area contributed by atoms with E-state index in [4.69, 9.17) is 4.74 Å². The number of carbonyl (C=O) groups excluding carboxylic acids is 2. The Hall–Kier alpha value is -3.41. The van der Waals surface area contributed by atoms with Crippen molar-refractivity contribution in [3.05, 3.63) is 71.0 Å². The number of ether oxygens (including phenoxy) is 1. The number of carbonyl (C=O) groups is 2. The van der Waals surface area contributed by atoms with Gasteiger partial charge in [0.2, 0.25) is 5.91 Å². The third kappa shape index (κ3) is 4.28. The number of aromatic nitrogens is 2. The molecule has 0 unspecified atom stereocenters. The zero-order valence-corrected chi connectivity index (χ0v) is 16.4. The molecule has 1 amide bonds. The van der Waals surface area contributed by atoms with Gasteiger partial charge in [0.05, 0.1) is 24.9 Å². The largest absolute Gasteiger partial charge is 0.496 e. The zero-order valence-electron chi connectivity index (χ0n) is 16.4. The second kappa shape index (κ2) is 8.08. The van der Waals surface area contributed by atoms with Crippen molar-refractivity contribution in [1.82, 2.24) is 9.78 Å². The summed E-state index contributed by atoms with van der Waals surface area (Å²) < 4.78 is 7.16. The molecule has 3 rings (SSSR count). The van der Waals surface area contributed by atoms with Crippen molar-refractivity contribution in [2.24, 2.45) is 0 Å². The summed E-state index contributed by atoms with van der Waals surface area (Å²) in [6.07, 6.45) is 0.106. The fourth-order valence-electron chi connectivity index (χ4n) is 3.12. The number of hydrogen-bond donors (Lipinski definition) is 1. The minimum absolute atomic E-state index is 0.0538. The number of hydrogen-bond acceptors (Lipinski definition) is 4. The van der Waals surface area contributed by atoms with Crippen LogP contribution in [0.15, 0.2) is 48.5 Å². The SMILES string of the molecule is COc1ccc(C(C)=O)cc1CC(=O)Nc1cccc(-n2nc(C)cc2C)c1. The summed E-state index contributed by atoms with van der Waals surface area (Å²) in [5.41, 5.74) is 4.73. The van der Waals surface area contributed by atoms with Gasteiger partial charge in [-0.1, -0.05) is 6.07 Å². The van der Waals surface area contributed by atoms with Crippen molar-refractivity contribution in [3.8, 4) is 11.4 Å². The summed E-state index contributed by atoms with van der Waals surface area (Å²) in [4.78, 5) is 24.2. The molecule has 3 aromatic rings. The number of anilines is 1. The number of Topliss-reactive ketones (excluding diaryl/α,β-unsaturated/α-hetero) is 1. The smallest absolute Gasteiger partial charge is 0.228 e. The van der Waals surface area contributed by atoms with Crippen LogP contribution in [-0.4, -0.2) is 28.6 Å². The molecule has 0 aliphatic carbocycles. The summed E-state index contributed by atoms with van der Waals surface area (Å²) in [7, 11) is 1.54. The van der Waals surface area contributed by atoms with Gasteiger partial charge in [0.15, 0.2) is 5.78 Å². The van der Waals surface area contributed by atoms with Gasteiger partial charge in [-0.05, 0) is 63.2 Å². The topological polar surface area (TPSA) is 73.2 Å². The molecular formula is C22H23N3O3. The molecule has 1 aromatic heterocycles. The molecule has 0 radical (unpaired) electrons. The number of nitrogens with zero attached hydrogens (tertiary/aromatic N) is 2. The van der Waals surface area contributed by atoms with Crippen LogP contribution in [0.2, 0.25) is 0 Å². The van der Waals surface area contributed by atoms with Gasteiger partial charge in [0, 0.05) is 22.5 Å². The second-order valence-electron chi connectivity index (χ2n) is 6.70. The molecule has 144 valence electrons. The van der Waals surface area contributed by atoms with Gasteiger partial charge in [-0.2, -0.15) is 5.10 Å². The molecule has 28 heavy (non-hydrogen) atoms. The lowest BCUT2D eigenvalue weighted by molar-refractivity contribution is -0.115. The van der Waals surface area contributed by atoms with Crippen LogP contribution in [0.3, 0.4) is 0 Å². The number of nitrogens with one attached hydrogen (secondary N) is 1. The van der Waals surface area contributed by atoms with Crippen LogP contribution >= 0.6 is 0 Å². The van der Waals surface area contributed by atoms with E-state index < -0.39 is 0 Å². The summed E-state index contributed by atoms with van der Waals surface area (Å²) in [6.45, 7) is 5.42. The van der Waals surface area contributed by atoms with E-state index in [-0.39, 0.29) is 18.1 Å². The molecule has 0 saturated heterocycles. The Balaban J connectivity index is 1.79. The first kappa shape index (κ1) is 19.4. The molecule has 0 aliphatic rings. The highest BCUT2D eigenvalue weighted by atomic mass is 16.5. The van der Waals surface area contributed by atoms with Gasteiger partial charge in [0.1, 0.15) is 5.75 Å². The zero-order chi connectivity index (χ0) is 20.3. The van der Waals surface area contributed by atoms with Gasteiger partial charge < -0.3 is 10.1 Å². The first-order valence-corrected chi connectivity index (χ1v) is 8.99. The monoisotopic (exact) mass is 377 g/mol. The molecule has 2 aromatic carbocycles. The quantitative estimate of drug-likeness (QED) is 0.662. The molecule has 0 atom stereocenters. The van der Waals surface area contributed by atoms with E-state index in [0.29, 0.717) is 22.6 Å². The summed E-state index contributed by atoms with van der Waals surface area (Å²) in [5.74, 6) is 0.336. The maximum Gasteiger partial charge on any atom is 0.228 e. The standard InChI is InChI=1S/C22H23N3O3/c1-14-10-15(2)25(24-14)20-7-5-6-19(13-20)23-22(27)12-18-11-17(16(3)26)8-9-21(18)28-4/h5-11,13H,12H2,1-4H3,(H,23,27). The molecule has 6 nitrogen and oxygen atoms in total. The number of methoxy groups -OCH3 is 1. The van der Waals surface area contributed by atoms with E-state index in [1.54, 1.807) is 25.3 Å². The Morgan fingerprint density at radius 2 is 1.89 bits per heavy atom. The Morgan fingerprint density at radius 3 is 2.54 bits per heavy atom. The van der Waals surface area contributed by atoms with Crippen molar-refractivity contribution >= 4 is 17.4 Å². The maximum absolute atomic E-state index is 12.6. The van der Waals surface area contributed by atoms with Crippen molar-refractivity contribution in [1.29, 1.82) is 0 Å². The predicted octanol–water partition coefficient (Wildman–Crippen LogP) is 3.88. The lowest BCUT2D eigenvalue weighted by Gasteiger charge is -2.11. The van der Waals surface area contributed by atoms with Crippen LogP contribution < -0.4 is 10.1 Å². The highest BCUT2D eigenvalue weighted by Crippen LogP contribution is 2.22. The average Bonchev–Trinajstić information content (AvgIpc) is 3.00. The third-order valence-electron chi connectivity index (χ3n) is 4.42. The number of benzene rings is 2. The molecule has 0 saturated carbocycles.